The zero-order chi connectivity index (χ0) is 19.5. The molecule has 0 spiro atoms. The Kier molecular flexibility index (Phi) is 5.87. The Labute approximate surface area is 169 Å². The van der Waals surface area contributed by atoms with Crippen LogP contribution in [0.1, 0.15) is 37.3 Å². The second-order valence-corrected chi connectivity index (χ2v) is 8.62. The number of thiophene rings is 1. The predicted molar refractivity (Wildman–Crippen MR) is 115 cm³/mol. The number of benzene rings is 1. The number of fused-ring (bicyclic) bond motifs is 1. The Morgan fingerprint density at radius 3 is 2.86 bits per heavy atom. The van der Waals surface area contributed by atoms with Crippen molar-refractivity contribution < 1.29 is 4.39 Å². The maximum atomic E-state index is 13.0. The predicted octanol–water partition coefficient (Wildman–Crippen LogP) is 4.72. The number of nitrogens with one attached hydrogen (secondary N) is 1. The summed E-state index contributed by atoms with van der Waals surface area (Å²) in [5, 5.41) is 5.89. The first kappa shape index (κ1) is 19.3. The second kappa shape index (κ2) is 8.53. The first-order valence-electron chi connectivity index (χ1n) is 10.0. The minimum Gasteiger partial charge on any atom is -0.353 e. The second-order valence-electron chi connectivity index (χ2n) is 7.74. The van der Waals surface area contributed by atoms with Crippen molar-refractivity contribution in [2.45, 2.75) is 51.6 Å². The third-order valence-electron chi connectivity index (χ3n) is 5.65. The van der Waals surface area contributed by atoms with E-state index in [2.05, 4.69) is 39.4 Å². The van der Waals surface area contributed by atoms with Gasteiger partial charge in [0, 0.05) is 18.6 Å². The topological polar surface area (TPSA) is 41.0 Å². The highest BCUT2D eigenvalue weighted by Gasteiger charge is 2.27. The van der Waals surface area contributed by atoms with Gasteiger partial charge in [-0.25, -0.2) is 14.4 Å². The highest BCUT2D eigenvalue weighted by molar-refractivity contribution is 7.18. The molecule has 1 N–H and O–H groups in total. The summed E-state index contributed by atoms with van der Waals surface area (Å²) in [4.78, 5) is 11.5. The fourth-order valence-electron chi connectivity index (χ4n) is 4.08. The van der Waals surface area contributed by atoms with Gasteiger partial charge < -0.3 is 10.2 Å². The van der Waals surface area contributed by atoms with Crippen LogP contribution in [0, 0.1) is 12.7 Å². The van der Waals surface area contributed by atoms with Crippen LogP contribution in [0.5, 0.6) is 0 Å². The largest absolute Gasteiger partial charge is 0.353 e. The van der Waals surface area contributed by atoms with Crippen LogP contribution in [0.15, 0.2) is 36.0 Å². The molecule has 1 saturated heterocycles. The number of aromatic nitrogens is 2. The molecule has 2 atom stereocenters. The van der Waals surface area contributed by atoms with Gasteiger partial charge in [-0.05, 0) is 74.7 Å². The summed E-state index contributed by atoms with van der Waals surface area (Å²) >= 11 is 1.75. The molecule has 4 rings (SSSR count). The summed E-state index contributed by atoms with van der Waals surface area (Å²) in [5.41, 5.74) is 3.52. The van der Waals surface area contributed by atoms with Crippen molar-refractivity contribution in [1.82, 2.24) is 15.3 Å². The monoisotopic (exact) mass is 398 g/mol. The number of nitrogens with zero attached hydrogens (tertiary/aromatic N) is 3. The Bertz CT molecular complexity index is 924. The van der Waals surface area contributed by atoms with E-state index in [1.807, 2.05) is 12.1 Å². The van der Waals surface area contributed by atoms with Gasteiger partial charge in [-0.3, -0.25) is 0 Å². The zero-order valence-corrected chi connectivity index (χ0v) is 17.3. The van der Waals surface area contributed by atoms with Gasteiger partial charge in [0.25, 0.3) is 0 Å². The summed E-state index contributed by atoms with van der Waals surface area (Å²) in [6.07, 6.45) is 5.99. The van der Waals surface area contributed by atoms with Gasteiger partial charge in [0.2, 0.25) is 0 Å². The van der Waals surface area contributed by atoms with Crippen LogP contribution in [0.3, 0.4) is 0 Å². The van der Waals surface area contributed by atoms with Crippen LogP contribution in [0.2, 0.25) is 0 Å². The molecule has 0 aliphatic carbocycles. The quantitative estimate of drug-likeness (QED) is 0.610. The molecule has 3 aromatic rings. The van der Waals surface area contributed by atoms with Gasteiger partial charge in [-0.15, -0.1) is 11.3 Å². The lowest BCUT2D eigenvalue weighted by molar-refractivity contribution is 0.366. The van der Waals surface area contributed by atoms with Crippen molar-refractivity contribution in [2.24, 2.45) is 0 Å². The van der Waals surface area contributed by atoms with E-state index in [0.717, 1.165) is 50.1 Å². The number of halogens is 1. The molecule has 148 valence electrons. The van der Waals surface area contributed by atoms with Crippen molar-refractivity contribution in [2.75, 3.05) is 18.0 Å². The Hall–Kier alpha value is -2.05. The molecule has 28 heavy (non-hydrogen) atoms. The fourth-order valence-corrected chi connectivity index (χ4v) is 5.09. The molecule has 1 aliphatic rings. The molecule has 1 aliphatic heterocycles. The number of rotatable bonds is 6. The first-order valence-corrected chi connectivity index (χ1v) is 10.9. The van der Waals surface area contributed by atoms with E-state index in [-0.39, 0.29) is 5.82 Å². The van der Waals surface area contributed by atoms with E-state index in [9.17, 15) is 4.39 Å². The number of hydrogen-bond donors (Lipinski definition) is 1. The highest BCUT2D eigenvalue weighted by atomic mass is 32.1. The van der Waals surface area contributed by atoms with Crippen molar-refractivity contribution in [3.05, 3.63) is 52.9 Å². The molecule has 4 nitrogen and oxygen atoms in total. The molecule has 0 saturated carbocycles. The SMILES string of the molecule is Cc1csc2c(N3CCC(NCCCc4ccc(F)cc4)CC3C)ncnc12. The summed E-state index contributed by atoms with van der Waals surface area (Å²) in [6, 6.07) is 7.83. The van der Waals surface area contributed by atoms with Crippen LogP contribution >= 0.6 is 11.3 Å². The number of hydrogen-bond acceptors (Lipinski definition) is 5. The number of anilines is 1. The lowest BCUT2D eigenvalue weighted by Gasteiger charge is -2.39. The lowest BCUT2D eigenvalue weighted by atomic mass is 9.98. The normalized spacial score (nSPS) is 20.0. The Morgan fingerprint density at radius 2 is 2.07 bits per heavy atom. The molecule has 2 aromatic heterocycles. The van der Waals surface area contributed by atoms with Gasteiger partial charge in [-0.2, -0.15) is 0 Å². The average molecular weight is 399 g/mol. The van der Waals surface area contributed by atoms with E-state index in [4.69, 9.17) is 0 Å². The van der Waals surface area contributed by atoms with Gasteiger partial charge >= 0.3 is 0 Å². The van der Waals surface area contributed by atoms with E-state index < -0.39 is 0 Å². The molecule has 0 amide bonds. The molecular weight excluding hydrogens is 371 g/mol. The summed E-state index contributed by atoms with van der Waals surface area (Å²) in [5.74, 6) is 0.923. The van der Waals surface area contributed by atoms with Crippen molar-refractivity contribution in [1.29, 1.82) is 0 Å². The molecular formula is C22H27FN4S. The molecule has 1 fully saturated rings. The van der Waals surface area contributed by atoms with E-state index in [1.54, 1.807) is 29.8 Å². The average Bonchev–Trinajstić information content (AvgIpc) is 3.08. The first-order chi connectivity index (χ1) is 13.6. The van der Waals surface area contributed by atoms with E-state index >= 15 is 0 Å². The molecule has 2 unspecified atom stereocenters. The van der Waals surface area contributed by atoms with Gasteiger partial charge in [0.1, 0.15) is 18.0 Å². The van der Waals surface area contributed by atoms with Crippen molar-refractivity contribution in [3.63, 3.8) is 0 Å². The van der Waals surface area contributed by atoms with Crippen LogP contribution in [0.4, 0.5) is 10.2 Å². The number of aryl methyl sites for hydroxylation is 2. The van der Waals surface area contributed by atoms with Crippen molar-refractivity contribution >= 4 is 27.4 Å². The molecule has 6 heteroatoms. The van der Waals surface area contributed by atoms with Crippen LogP contribution in [-0.4, -0.2) is 35.1 Å². The van der Waals surface area contributed by atoms with Crippen LogP contribution in [0.25, 0.3) is 10.2 Å². The summed E-state index contributed by atoms with van der Waals surface area (Å²) in [6.45, 7) is 6.42. The third kappa shape index (κ3) is 4.18. The smallest absolute Gasteiger partial charge is 0.150 e. The highest BCUT2D eigenvalue weighted by Crippen LogP contribution is 2.33. The Morgan fingerprint density at radius 1 is 1.25 bits per heavy atom. The fraction of sp³-hybridized carbons (Fsp3) is 0.455. The van der Waals surface area contributed by atoms with Crippen LogP contribution in [-0.2, 0) is 6.42 Å². The van der Waals surface area contributed by atoms with E-state index in [1.165, 1.54) is 15.8 Å². The van der Waals surface area contributed by atoms with Gasteiger partial charge in [-0.1, -0.05) is 12.1 Å². The molecule has 0 radical (unpaired) electrons. The van der Waals surface area contributed by atoms with Crippen LogP contribution < -0.4 is 10.2 Å². The maximum Gasteiger partial charge on any atom is 0.150 e. The maximum absolute atomic E-state index is 13.0. The zero-order valence-electron chi connectivity index (χ0n) is 16.5. The van der Waals surface area contributed by atoms with E-state index in [0.29, 0.717) is 12.1 Å². The molecule has 1 aromatic carbocycles. The minimum absolute atomic E-state index is 0.165. The molecule has 0 bridgehead atoms. The standard InChI is InChI=1S/C22H27FN4S/c1-15-13-28-21-20(15)25-14-26-22(21)27-11-9-19(12-16(27)2)24-10-3-4-17-5-7-18(23)8-6-17/h5-8,13-14,16,19,24H,3-4,9-12H2,1-2H3. The summed E-state index contributed by atoms with van der Waals surface area (Å²) in [7, 11) is 0. The number of piperidine rings is 1. The third-order valence-corrected chi connectivity index (χ3v) is 6.73. The lowest BCUT2D eigenvalue weighted by Crippen LogP contribution is -2.48. The van der Waals surface area contributed by atoms with Crippen molar-refractivity contribution in [3.8, 4) is 0 Å². The minimum atomic E-state index is -0.165. The van der Waals surface area contributed by atoms with Gasteiger partial charge in [0.15, 0.2) is 0 Å². The Balaban J connectivity index is 1.29. The molecule has 3 heterocycles. The van der Waals surface area contributed by atoms with Gasteiger partial charge in [0.05, 0.1) is 10.2 Å². The summed E-state index contributed by atoms with van der Waals surface area (Å²) < 4.78 is 14.2.